The summed E-state index contributed by atoms with van der Waals surface area (Å²) in [4.78, 5) is 21.2. The summed E-state index contributed by atoms with van der Waals surface area (Å²) in [5.41, 5.74) is -0.490. The fourth-order valence-electron chi connectivity index (χ4n) is 5.04. The number of halogens is 3. The van der Waals surface area contributed by atoms with Gasteiger partial charge in [-0.1, -0.05) is 37.5 Å². The Labute approximate surface area is 207 Å². The molecular formula is C26H28F3N5O2. The van der Waals surface area contributed by atoms with Gasteiger partial charge in [0.1, 0.15) is 0 Å². The number of hydrogen-bond donors (Lipinski definition) is 0. The lowest BCUT2D eigenvalue weighted by atomic mass is 9.86. The molecular weight excluding hydrogens is 471 g/mol. The minimum Gasteiger partial charge on any atom is -0.415 e. The van der Waals surface area contributed by atoms with E-state index in [0.29, 0.717) is 22.9 Å². The molecule has 2 fully saturated rings. The molecule has 1 aliphatic heterocycles. The Balaban J connectivity index is 1.28. The molecule has 1 saturated carbocycles. The molecule has 1 saturated heterocycles. The van der Waals surface area contributed by atoms with Crippen LogP contribution in [0.4, 0.5) is 18.9 Å². The molecule has 0 radical (unpaired) electrons. The van der Waals surface area contributed by atoms with Crippen LogP contribution in [0.2, 0.25) is 0 Å². The number of likely N-dealkylation sites (tertiary alicyclic amines) is 1. The third-order valence-electron chi connectivity index (χ3n) is 6.91. The van der Waals surface area contributed by atoms with Crippen molar-refractivity contribution in [3.8, 4) is 11.5 Å². The minimum atomic E-state index is -2.86. The highest BCUT2D eigenvalue weighted by molar-refractivity contribution is 6.00. The van der Waals surface area contributed by atoms with Crippen LogP contribution < -0.4 is 4.90 Å². The average molecular weight is 500 g/mol. The first kappa shape index (κ1) is 24.4. The molecule has 5 rings (SSSR count). The summed E-state index contributed by atoms with van der Waals surface area (Å²) in [6.45, 7) is 1.10. The summed E-state index contributed by atoms with van der Waals surface area (Å²) in [6.07, 6.45) is 4.63. The largest absolute Gasteiger partial charge is 0.415 e. The first-order chi connectivity index (χ1) is 17.4. The fourth-order valence-corrected chi connectivity index (χ4v) is 5.04. The zero-order valence-electron chi connectivity index (χ0n) is 19.8. The van der Waals surface area contributed by atoms with E-state index in [9.17, 15) is 13.6 Å². The van der Waals surface area contributed by atoms with Gasteiger partial charge in [0, 0.05) is 31.5 Å². The SMILES string of the molecule is O=C(N(Cc1ccc(-c2nnc(C(F)F)o2)cn1)c1ccccc1)C1(F)CN(CC2CCCCC2)C1. The number of aromatic nitrogens is 3. The Bertz CT molecular complexity index is 1160. The summed E-state index contributed by atoms with van der Waals surface area (Å²) >= 11 is 0. The van der Waals surface area contributed by atoms with Gasteiger partial charge in [0.05, 0.1) is 17.8 Å². The maximum Gasteiger partial charge on any atom is 0.314 e. The molecule has 1 aromatic carbocycles. The van der Waals surface area contributed by atoms with Crippen LogP contribution in [0.15, 0.2) is 53.1 Å². The predicted molar refractivity (Wildman–Crippen MR) is 127 cm³/mol. The Hall–Kier alpha value is -3.27. The number of para-hydroxylation sites is 1. The van der Waals surface area contributed by atoms with Gasteiger partial charge in [0.2, 0.25) is 11.6 Å². The summed E-state index contributed by atoms with van der Waals surface area (Å²) in [5.74, 6) is -0.836. The van der Waals surface area contributed by atoms with Crippen LogP contribution in [0.3, 0.4) is 0 Å². The first-order valence-electron chi connectivity index (χ1n) is 12.3. The van der Waals surface area contributed by atoms with Crippen LogP contribution in [0, 0.1) is 5.92 Å². The van der Waals surface area contributed by atoms with E-state index in [1.54, 1.807) is 36.4 Å². The number of amides is 1. The summed E-state index contributed by atoms with van der Waals surface area (Å²) in [7, 11) is 0. The Morgan fingerprint density at radius 3 is 2.47 bits per heavy atom. The maximum atomic E-state index is 15.8. The van der Waals surface area contributed by atoms with Gasteiger partial charge in [-0.15, -0.1) is 10.2 Å². The molecule has 0 spiro atoms. The molecule has 1 aliphatic carbocycles. The van der Waals surface area contributed by atoms with Gasteiger partial charge in [-0.05, 0) is 43.0 Å². The molecule has 0 unspecified atom stereocenters. The molecule has 2 aliphatic rings. The molecule has 0 atom stereocenters. The number of anilines is 1. The summed E-state index contributed by atoms with van der Waals surface area (Å²) in [6, 6.07) is 12.2. The van der Waals surface area contributed by atoms with Crippen LogP contribution in [0.5, 0.6) is 0 Å². The number of nitrogens with zero attached hydrogens (tertiary/aromatic N) is 5. The second-order valence-corrected chi connectivity index (χ2v) is 9.65. The van der Waals surface area contributed by atoms with Crippen molar-refractivity contribution in [2.45, 2.75) is 50.7 Å². The smallest absolute Gasteiger partial charge is 0.314 e. The van der Waals surface area contributed by atoms with E-state index in [1.165, 1.54) is 43.2 Å². The van der Waals surface area contributed by atoms with Crippen molar-refractivity contribution in [3.05, 3.63) is 60.2 Å². The van der Waals surface area contributed by atoms with E-state index in [1.807, 2.05) is 11.0 Å². The van der Waals surface area contributed by atoms with Crippen molar-refractivity contribution in [1.82, 2.24) is 20.1 Å². The van der Waals surface area contributed by atoms with Crippen LogP contribution in [0.1, 0.15) is 50.1 Å². The highest BCUT2D eigenvalue weighted by Gasteiger charge is 2.52. The Morgan fingerprint density at radius 2 is 1.83 bits per heavy atom. The highest BCUT2D eigenvalue weighted by atomic mass is 19.3. The highest BCUT2D eigenvalue weighted by Crippen LogP contribution is 2.34. The Kier molecular flexibility index (Phi) is 7.04. The van der Waals surface area contributed by atoms with Gasteiger partial charge in [0.25, 0.3) is 11.8 Å². The molecule has 7 nitrogen and oxygen atoms in total. The molecule has 0 N–H and O–H groups in total. The fraction of sp³-hybridized carbons (Fsp3) is 0.462. The number of rotatable bonds is 8. The third kappa shape index (κ3) is 5.28. The van der Waals surface area contributed by atoms with E-state index < -0.39 is 23.9 Å². The lowest BCUT2D eigenvalue weighted by Gasteiger charge is -2.46. The van der Waals surface area contributed by atoms with Gasteiger partial charge >= 0.3 is 6.43 Å². The Morgan fingerprint density at radius 1 is 1.08 bits per heavy atom. The standard InChI is InChI=1S/C26H28F3N5O2/c27-22(28)24-32-31-23(36-24)19-11-12-20(30-13-19)15-34(21-9-5-2-6-10-21)25(35)26(29)16-33(17-26)14-18-7-3-1-4-8-18/h2,5-6,9-13,18,22H,1,3-4,7-8,14-17H2. The number of alkyl halides is 3. The quantitative estimate of drug-likeness (QED) is 0.424. The van der Waals surface area contributed by atoms with E-state index in [-0.39, 0.29) is 25.5 Å². The van der Waals surface area contributed by atoms with Crippen molar-refractivity contribution in [2.24, 2.45) is 5.92 Å². The van der Waals surface area contributed by atoms with Crippen LogP contribution >= 0.6 is 0 Å². The minimum absolute atomic E-state index is 0.0591. The lowest BCUT2D eigenvalue weighted by molar-refractivity contribution is -0.143. The zero-order chi connectivity index (χ0) is 25.1. The molecule has 3 heterocycles. The molecule has 0 bridgehead atoms. The van der Waals surface area contributed by atoms with Crippen molar-refractivity contribution >= 4 is 11.6 Å². The number of benzene rings is 1. The number of pyridine rings is 1. The van der Waals surface area contributed by atoms with Crippen LogP contribution in [0.25, 0.3) is 11.5 Å². The topological polar surface area (TPSA) is 75.4 Å². The third-order valence-corrected chi connectivity index (χ3v) is 6.91. The molecule has 10 heteroatoms. The van der Waals surface area contributed by atoms with Crippen molar-refractivity contribution in [3.63, 3.8) is 0 Å². The van der Waals surface area contributed by atoms with Gasteiger partial charge in [-0.3, -0.25) is 14.7 Å². The normalized spacial score (nSPS) is 18.2. The van der Waals surface area contributed by atoms with Crippen LogP contribution in [-0.4, -0.2) is 51.3 Å². The van der Waals surface area contributed by atoms with E-state index >= 15 is 4.39 Å². The second kappa shape index (κ2) is 10.4. The number of carbonyl (C=O) groups excluding carboxylic acids is 1. The van der Waals surface area contributed by atoms with Gasteiger partial charge in [-0.2, -0.15) is 8.78 Å². The van der Waals surface area contributed by atoms with Gasteiger partial charge in [-0.25, -0.2) is 4.39 Å². The second-order valence-electron chi connectivity index (χ2n) is 9.65. The average Bonchev–Trinajstić information content (AvgIpc) is 3.38. The predicted octanol–water partition coefficient (Wildman–Crippen LogP) is 5.21. The molecule has 2 aromatic heterocycles. The first-order valence-corrected chi connectivity index (χ1v) is 12.3. The monoisotopic (exact) mass is 499 g/mol. The number of carbonyl (C=O) groups is 1. The van der Waals surface area contributed by atoms with Crippen molar-refractivity contribution in [2.75, 3.05) is 24.5 Å². The van der Waals surface area contributed by atoms with E-state index in [4.69, 9.17) is 4.42 Å². The van der Waals surface area contributed by atoms with Gasteiger partial charge in [0.15, 0.2) is 0 Å². The molecule has 190 valence electrons. The van der Waals surface area contributed by atoms with Gasteiger partial charge < -0.3 is 9.32 Å². The molecule has 3 aromatic rings. The van der Waals surface area contributed by atoms with E-state index in [0.717, 1.165) is 6.54 Å². The lowest BCUT2D eigenvalue weighted by Crippen LogP contribution is -2.67. The molecule has 1 amide bonds. The van der Waals surface area contributed by atoms with Crippen LogP contribution in [-0.2, 0) is 11.3 Å². The van der Waals surface area contributed by atoms with E-state index in [2.05, 4.69) is 15.2 Å². The number of hydrogen-bond acceptors (Lipinski definition) is 6. The molecule has 36 heavy (non-hydrogen) atoms. The summed E-state index contributed by atoms with van der Waals surface area (Å²) < 4.78 is 46.2. The van der Waals surface area contributed by atoms with Crippen molar-refractivity contribution in [1.29, 1.82) is 0 Å². The summed E-state index contributed by atoms with van der Waals surface area (Å²) in [5, 5.41) is 6.94. The maximum absolute atomic E-state index is 15.8. The van der Waals surface area contributed by atoms with Crippen molar-refractivity contribution < 1.29 is 22.4 Å². The zero-order valence-corrected chi connectivity index (χ0v) is 19.8.